The minimum atomic E-state index is -0.619. The minimum Gasteiger partial charge on any atom is -0.504 e. The molecule has 0 amide bonds. The summed E-state index contributed by atoms with van der Waals surface area (Å²) in [4.78, 5) is 0.100. The van der Waals surface area contributed by atoms with Gasteiger partial charge in [-0.15, -0.1) is 0 Å². The van der Waals surface area contributed by atoms with Crippen molar-refractivity contribution in [2.24, 2.45) is 0 Å². The summed E-state index contributed by atoms with van der Waals surface area (Å²) in [5, 5.41) is 59.5. The summed E-state index contributed by atoms with van der Waals surface area (Å²) < 4.78 is 0.259. The molecular formula is C17H17BrN2O5S. The van der Waals surface area contributed by atoms with Crippen molar-refractivity contribution in [2.45, 2.75) is 6.54 Å². The van der Waals surface area contributed by atoms with Gasteiger partial charge < -0.3 is 30.8 Å². The van der Waals surface area contributed by atoms with Crippen molar-refractivity contribution in [3.8, 4) is 34.8 Å². The number of thiocarbonyl (C=S) groups is 1. The van der Waals surface area contributed by atoms with Gasteiger partial charge in [0.2, 0.25) is 0 Å². The lowest BCUT2D eigenvalue weighted by Crippen LogP contribution is -2.22. The molecule has 0 saturated carbocycles. The highest BCUT2D eigenvalue weighted by Gasteiger charge is 2.11. The quantitative estimate of drug-likeness (QED) is 0.184. The molecular weight excluding hydrogens is 424 g/mol. The van der Waals surface area contributed by atoms with E-state index in [9.17, 15) is 30.8 Å². The first-order valence-corrected chi connectivity index (χ1v) is 8.28. The van der Waals surface area contributed by atoms with Crippen LogP contribution in [0.5, 0.6) is 28.7 Å². The Bertz CT molecular complexity index is 917. The average molecular weight is 441 g/mol. The minimum absolute atomic E-state index is 0. The van der Waals surface area contributed by atoms with Gasteiger partial charge >= 0.3 is 0 Å². The number of phenols is 5. The highest BCUT2D eigenvalue weighted by molar-refractivity contribution is 9.10. The Labute approximate surface area is 165 Å². The first-order chi connectivity index (χ1) is 12.2. The Balaban J connectivity index is 0.00000364. The lowest BCUT2D eigenvalue weighted by molar-refractivity contribution is 0.367. The maximum Gasteiger partial charge on any atom is 0.200 e. The highest BCUT2D eigenvalue weighted by atomic mass is 79.9. The van der Waals surface area contributed by atoms with Crippen LogP contribution in [0.25, 0.3) is 6.08 Å². The molecule has 138 valence electrons. The third kappa shape index (κ3) is 4.36. The molecule has 0 spiro atoms. The van der Waals surface area contributed by atoms with Gasteiger partial charge in [-0.25, -0.2) is 0 Å². The fraction of sp³-hybridized carbons (Fsp3) is 0.0588. The van der Waals surface area contributed by atoms with E-state index < -0.39 is 17.2 Å². The molecule has 0 radical (unpaired) electrons. The molecule has 9 heteroatoms. The second-order valence-electron chi connectivity index (χ2n) is 5.21. The molecule has 0 aliphatic rings. The third-order valence-corrected chi connectivity index (χ3v) is 4.29. The summed E-state index contributed by atoms with van der Waals surface area (Å²) >= 11 is 8.24. The standard InChI is InChI=1S/C17H13BrN2O5S.2H2/c18-11-2-8(3-12(21)15(11)24)1-10(6-19)17(26)20-7-9-4-13(22)16(25)14(23)5-9;;/h1-5,21-25H,7H2,(H,20,26);2*1H/b10-1+;;. The molecule has 2 rings (SSSR count). The zero-order chi connectivity index (χ0) is 19.4. The van der Waals surface area contributed by atoms with Crippen LogP contribution in [0.1, 0.15) is 14.0 Å². The number of nitrogens with one attached hydrogen (secondary N) is 1. The SMILES string of the molecule is N#C/C(=C\c1cc(O)c(O)c(Br)c1)C(=S)NCc1cc(O)c(O)c(O)c1.[HH].[HH]. The molecule has 0 aliphatic heterocycles. The summed E-state index contributed by atoms with van der Waals surface area (Å²) in [5.41, 5.74) is 0.972. The predicted molar refractivity (Wildman–Crippen MR) is 106 cm³/mol. The van der Waals surface area contributed by atoms with Crippen molar-refractivity contribution in [3.63, 3.8) is 0 Å². The van der Waals surface area contributed by atoms with Gasteiger partial charge in [-0.1, -0.05) is 12.2 Å². The lowest BCUT2D eigenvalue weighted by Gasteiger charge is -2.09. The smallest absolute Gasteiger partial charge is 0.200 e. The molecule has 6 N–H and O–H groups in total. The van der Waals surface area contributed by atoms with Crippen LogP contribution in [-0.2, 0) is 6.54 Å². The van der Waals surface area contributed by atoms with Crippen LogP contribution in [0.2, 0.25) is 0 Å². The van der Waals surface area contributed by atoms with Crippen LogP contribution in [-0.4, -0.2) is 30.5 Å². The summed E-state index contributed by atoms with van der Waals surface area (Å²) in [6, 6.07) is 7.20. The van der Waals surface area contributed by atoms with E-state index in [0.29, 0.717) is 11.1 Å². The Morgan fingerprint density at radius 3 is 2.19 bits per heavy atom. The Hall–Kier alpha value is -2.96. The normalized spacial score (nSPS) is 11.0. The van der Waals surface area contributed by atoms with Crippen LogP contribution < -0.4 is 5.32 Å². The number of benzene rings is 2. The van der Waals surface area contributed by atoms with E-state index in [1.807, 2.05) is 6.07 Å². The Kier molecular flexibility index (Phi) is 5.92. The molecule has 0 aliphatic carbocycles. The number of nitrogens with zero attached hydrogens (tertiary/aromatic N) is 1. The molecule has 0 aromatic heterocycles. The lowest BCUT2D eigenvalue weighted by atomic mass is 10.1. The van der Waals surface area contributed by atoms with Crippen LogP contribution in [0, 0.1) is 11.3 Å². The first-order valence-electron chi connectivity index (χ1n) is 7.08. The number of aromatic hydroxyl groups is 5. The number of phenolic OH excluding ortho intramolecular Hbond substituents is 5. The van der Waals surface area contributed by atoms with Crippen LogP contribution in [0.15, 0.2) is 34.3 Å². The number of hydrogen-bond acceptors (Lipinski definition) is 7. The molecule has 0 saturated heterocycles. The molecule has 0 unspecified atom stereocenters. The number of nitriles is 1. The monoisotopic (exact) mass is 440 g/mol. The van der Waals surface area contributed by atoms with E-state index >= 15 is 0 Å². The summed E-state index contributed by atoms with van der Waals surface area (Å²) in [7, 11) is 0. The highest BCUT2D eigenvalue weighted by Crippen LogP contribution is 2.36. The molecule has 0 fully saturated rings. The zero-order valence-corrected chi connectivity index (χ0v) is 15.5. The van der Waals surface area contributed by atoms with E-state index in [4.69, 9.17) is 12.2 Å². The predicted octanol–water partition coefficient (Wildman–Crippen LogP) is 3.49. The largest absolute Gasteiger partial charge is 0.504 e. The van der Waals surface area contributed by atoms with Crippen LogP contribution >= 0.6 is 28.1 Å². The number of rotatable bonds is 4. The van der Waals surface area contributed by atoms with Gasteiger partial charge in [-0.2, -0.15) is 5.26 Å². The Morgan fingerprint density at radius 1 is 1.08 bits per heavy atom. The molecule has 26 heavy (non-hydrogen) atoms. The molecule has 7 nitrogen and oxygen atoms in total. The molecule has 0 bridgehead atoms. The van der Waals surface area contributed by atoms with Crippen LogP contribution in [0.4, 0.5) is 0 Å². The summed E-state index contributed by atoms with van der Waals surface area (Å²) in [6.45, 7) is 0.0871. The van der Waals surface area contributed by atoms with E-state index in [-0.39, 0.29) is 35.9 Å². The van der Waals surface area contributed by atoms with Gasteiger partial charge in [0.15, 0.2) is 28.7 Å². The summed E-state index contributed by atoms with van der Waals surface area (Å²) in [5.74, 6) is -2.24. The molecule has 0 atom stereocenters. The van der Waals surface area contributed by atoms with Gasteiger partial charge in [-0.3, -0.25) is 0 Å². The van der Waals surface area contributed by atoms with Gasteiger partial charge in [0.1, 0.15) is 11.1 Å². The molecule has 0 heterocycles. The number of halogens is 1. The van der Waals surface area contributed by atoms with Crippen molar-refractivity contribution in [1.82, 2.24) is 5.32 Å². The fourth-order valence-electron chi connectivity index (χ4n) is 2.04. The van der Waals surface area contributed by atoms with E-state index in [0.717, 1.165) is 0 Å². The second kappa shape index (κ2) is 7.95. The fourth-order valence-corrected chi connectivity index (χ4v) is 2.69. The van der Waals surface area contributed by atoms with Crippen molar-refractivity contribution in [1.29, 1.82) is 5.26 Å². The average Bonchev–Trinajstić information content (AvgIpc) is 2.59. The topological polar surface area (TPSA) is 137 Å². The van der Waals surface area contributed by atoms with E-state index in [2.05, 4.69) is 21.2 Å². The zero-order valence-electron chi connectivity index (χ0n) is 13.1. The van der Waals surface area contributed by atoms with E-state index in [1.54, 1.807) is 0 Å². The second-order valence-corrected chi connectivity index (χ2v) is 6.47. The van der Waals surface area contributed by atoms with Gasteiger partial charge in [0, 0.05) is 9.40 Å². The maximum absolute atomic E-state index is 9.62. The van der Waals surface area contributed by atoms with E-state index in [1.165, 1.54) is 30.3 Å². The van der Waals surface area contributed by atoms with Crippen molar-refractivity contribution in [2.75, 3.05) is 0 Å². The van der Waals surface area contributed by atoms with Gasteiger partial charge in [0.05, 0.1) is 10.0 Å². The Morgan fingerprint density at radius 2 is 1.65 bits per heavy atom. The first kappa shape index (κ1) is 19.4. The number of hydrogen-bond donors (Lipinski definition) is 6. The summed E-state index contributed by atoms with van der Waals surface area (Å²) in [6.07, 6.45) is 1.42. The maximum atomic E-state index is 9.62. The molecule has 2 aromatic carbocycles. The third-order valence-electron chi connectivity index (χ3n) is 3.32. The van der Waals surface area contributed by atoms with Gasteiger partial charge in [-0.05, 0) is 57.4 Å². The van der Waals surface area contributed by atoms with Gasteiger partial charge in [0.25, 0.3) is 0 Å². The van der Waals surface area contributed by atoms with Crippen LogP contribution in [0.3, 0.4) is 0 Å². The van der Waals surface area contributed by atoms with Crippen molar-refractivity contribution >= 4 is 39.2 Å². The van der Waals surface area contributed by atoms with Crippen molar-refractivity contribution in [3.05, 3.63) is 45.4 Å². The molecule has 2 aromatic rings. The van der Waals surface area contributed by atoms with Crippen molar-refractivity contribution < 1.29 is 28.4 Å².